The van der Waals surface area contributed by atoms with Crippen LogP contribution in [0.2, 0.25) is 0 Å². The highest BCUT2D eigenvalue weighted by molar-refractivity contribution is 8.01. The van der Waals surface area contributed by atoms with Gasteiger partial charge in [0, 0.05) is 5.75 Å². The first-order chi connectivity index (χ1) is 3.00. The fraction of sp³-hybridized carbons (Fsp3) is 0.800. The van der Waals surface area contributed by atoms with E-state index in [2.05, 4.69) is 5.75 Å². The maximum Gasteiger partial charge on any atom is 0.0166 e. The van der Waals surface area contributed by atoms with Gasteiger partial charge in [-0.25, -0.2) is 0 Å². The quantitative estimate of drug-likeness (QED) is 0.450. The highest BCUT2D eigenvalue weighted by atomic mass is 32.2. The molecule has 0 nitrogen and oxygen atoms in total. The molecule has 0 bridgehead atoms. The van der Waals surface area contributed by atoms with Crippen LogP contribution < -0.4 is 0 Å². The Hall–Kier alpha value is 0.350. The maximum atomic E-state index is 2.31. The summed E-state index contributed by atoms with van der Waals surface area (Å²) in [5.41, 5.74) is 0. The summed E-state index contributed by atoms with van der Waals surface area (Å²) in [5.74, 6) is 3.67. The minimum atomic E-state index is 1.34. The molecule has 0 saturated carbocycles. The fourth-order valence-corrected chi connectivity index (χ4v) is 1.45. The summed E-state index contributed by atoms with van der Waals surface area (Å²) in [4.78, 5) is 0. The summed E-state index contributed by atoms with van der Waals surface area (Å²) in [5, 5.41) is 0. The second-order valence-electron chi connectivity index (χ2n) is 1.53. The standard InChI is InChI=1S/C5H9S/c1-2-4-6-5-3-1/h4H,1-3,5H2. The lowest BCUT2D eigenvalue weighted by Gasteiger charge is -2.05. The van der Waals surface area contributed by atoms with Gasteiger partial charge in [-0.05, 0) is 18.6 Å². The molecule has 1 rings (SSSR count). The smallest absolute Gasteiger partial charge is 0.0166 e. The van der Waals surface area contributed by atoms with Crippen LogP contribution in [0.3, 0.4) is 0 Å². The first kappa shape index (κ1) is 4.51. The summed E-state index contributed by atoms with van der Waals surface area (Å²) >= 11 is 1.97. The molecule has 0 amide bonds. The lowest BCUT2D eigenvalue weighted by molar-refractivity contribution is 0.797. The molecule has 0 atom stereocenters. The van der Waals surface area contributed by atoms with Crippen molar-refractivity contribution in [2.24, 2.45) is 0 Å². The van der Waals surface area contributed by atoms with Crippen LogP contribution >= 0.6 is 11.8 Å². The van der Waals surface area contributed by atoms with E-state index in [-0.39, 0.29) is 0 Å². The van der Waals surface area contributed by atoms with E-state index in [9.17, 15) is 0 Å². The SMILES string of the molecule is [CH]1CCCCS1. The number of hydrogen-bond acceptors (Lipinski definition) is 1. The van der Waals surface area contributed by atoms with Gasteiger partial charge < -0.3 is 0 Å². The molecule has 35 valence electrons. The molecule has 0 spiro atoms. The van der Waals surface area contributed by atoms with Gasteiger partial charge in [0.15, 0.2) is 0 Å². The van der Waals surface area contributed by atoms with E-state index in [0.29, 0.717) is 0 Å². The van der Waals surface area contributed by atoms with Crippen molar-refractivity contribution in [3.05, 3.63) is 5.75 Å². The molecule has 0 N–H and O–H groups in total. The van der Waals surface area contributed by atoms with Crippen molar-refractivity contribution in [1.82, 2.24) is 0 Å². The van der Waals surface area contributed by atoms with E-state index < -0.39 is 0 Å². The molecule has 1 heteroatoms. The van der Waals surface area contributed by atoms with E-state index in [4.69, 9.17) is 0 Å². The number of hydrogen-bond donors (Lipinski definition) is 0. The molecule has 1 fully saturated rings. The Labute approximate surface area is 43.3 Å². The third kappa shape index (κ3) is 1.21. The lowest BCUT2D eigenvalue weighted by Crippen LogP contribution is -1.86. The summed E-state index contributed by atoms with van der Waals surface area (Å²) in [6, 6.07) is 0. The van der Waals surface area contributed by atoms with E-state index in [1.54, 1.807) is 0 Å². The molecule has 6 heavy (non-hydrogen) atoms. The molecule has 0 aromatic heterocycles. The van der Waals surface area contributed by atoms with Crippen molar-refractivity contribution in [2.45, 2.75) is 19.3 Å². The van der Waals surface area contributed by atoms with Gasteiger partial charge in [0.1, 0.15) is 0 Å². The molecule has 1 saturated heterocycles. The van der Waals surface area contributed by atoms with Gasteiger partial charge in [-0.2, -0.15) is 11.8 Å². The topological polar surface area (TPSA) is 0 Å². The molecular formula is C5H9S. The molecule has 0 unspecified atom stereocenters. The van der Waals surface area contributed by atoms with Crippen LogP contribution in [0, 0.1) is 5.75 Å². The first-order valence-electron chi connectivity index (χ1n) is 2.43. The third-order valence-corrected chi connectivity index (χ3v) is 1.95. The Kier molecular flexibility index (Phi) is 1.89. The average Bonchev–Trinajstić information content (AvgIpc) is 1.72. The van der Waals surface area contributed by atoms with Crippen LogP contribution in [-0.4, -0.2) is 5.75 Å². The minimum Gasteiger partial charge on any atom is -0.157 e. The second kappa shape index (κ2) is 2.51. The van der Waals surface area contributed by atoms with E-state index in [1.165, 1.54) is 25.0 Å². The summed E-state index contributed by atoms with van der Waals surface area (Å²) in [6.45, 7) is 0. The normalized spacial score (nSPS) is 24.0. The number of rotatable bonds is 0. The Bertz CT molecular complexity index is 19.4. The van der Waals surface area contributed by atoms with Gasteiger partial charge >= 0.3 is 0 Å². The van der Waals surface area contributed by atoms with Gasteiger partial charge in [-0.15, -0.1) is 0 Å². The van der Waals surface area contributed by atoms with Crippen LogP contribution in [0.4, 0.5) is 0 Å². The minimum absolute atomic E-state index is 1.34. The predicted molar refractivity (Wildman–Crippen MR) is 30.6 cm³/mol. The van der Waals surface area contributed by atoms with Crippen molar-refractivity contribution in [3.63, 3.8) is 0 Å². The van der Waals surface area contributed by atoms with Crippen molar-refractivity contribution >= 4 is 11.8 Å². The zero-order valence-electron chi connectivity index (χ0n) is 3.81. The second-order valence-corrected chi connectivity index (χ2v) is 2.61. The average molecular weight is 101 g/mol. The highest BCUT2D eigenvalue weighted by Gasteiger charge is 1.96. The summed E-state index contributed by atoms with van der Waals surface area (Å²) in [7, 11) is 0. The zero-order valence-corrected chi connectivity index (χ0v) is 4.63. The van der Waals surface area contributed by atoms with Crippen LogP contribution in [0.5, 0.6) is 0 Å². The van der Waals surface area contributed by atoms with Gasteiger partial charge in [-0.1, -0.05) is 6.42 Å². The van der Waals surface area contributed by atoms with E-state index >= 15 is 0 Å². The monoisotopic (exact) mass is 101 g/mol. The maximum absolute atomic E-state index is 2.31. The highest BCUT2D eigenvalue weighted by Crippen LogP contribution is 2.19. The van der Waals surface area contributed by atoms with Gasteiger partial charge in [0.2, 0.25) is 0 Å². The predicted octanol–water partition coefficient (Wildman–Crippen LogP) is 2.07. The van der Waals surface area contributed by atoms with Crippen molar-refractivity contribution < 1.29 is 0 Å². The van der Waals surface area contributed by atoms with Crippen molar-refractivity contribution in [3.8, 4) is 0 Å². The fourth-order valence-electron chi connectivity index (χ4n) is 0.580. The Morgan fingerprint density at radius 1 is 1.33 bits per heavy atom. The molecule has 0 aromatic rings. The van der Waals surface area contributed by atoms with Crippen molar-refractivity contribution in [2.75, 3.05) is 5.75 Å². The molecule has 0 aliphatic carbocycles. The van der Waals surface area contributed by atoms with Gasteiger partial charge in [0.05, 0.1) is 0 Å². The van der Waals surface area contributed by atoms with Crippen molar-refractivity contribution in [1.29, 1.82) is 0 Å². The molecule has 1 aliphatic rings. The largest absolute Gasteiger partial charge is 0.157 e. The van der Waals surface area contributed by atoms with Gasteiger partial charge in [-0.3, -0.25) is 0 Å². The van der Waals surface area contributed by atoms with E-state index in [1.807, 2.05) is 11.8 Å². The number of thioether (sulfide) groups is 1. The van der Waals surface area contributed by atoms with Crippen LogP contribution in [0.15, 0.2) is 0 Å². The third-order valence-electron chi connectivity index (χ3n) is 0.952. The molecule has 1 radical (unpaired) electrons. The van der Waals surface area contributed by atoms with Crippen LogP contribution in [0.25, 0.3) is 0 Å². The summed E-state index contributed by atoms with van der Waals surface area (Å²) < 4.78 is 0. The first-order valence-corrected chi connectivity index (χ1v) is 3.48. The molecule has 0 aromatic carbocycles. The van der Waals surface area contributed by atoms with Gasteiger partial charge in [0.25, 0.3) is 0 Å². The Balaban J connectivity index is 2.00. The Morgan fingerprint density at radius 2 is 2.33 bits per heavy atom. The van der Waals surface area contributed by atoms with Crippen LogP contribution in [-0.2, 0) is 0 Å². The molecule has 1 aliphatic heterocycles. The molecular weight excluding hydrogens is 92.1 g/mol. The van der Waals surface area contributed by atoms with E-state index in [0.717, 1.165) is 0 Å². The summed E-state index contributed by atoms with van der Waals surface area (Å²) in [6.07, 6.45) is 4.19. The molecule has 1 heterocycles. The Morgan fingerprint density at radius 3 is 2.50 bits per heavy atom. The van der Waals surface area contributed by atoms with Crippen LogP contribution in [0.1, 0.15) is 19.3 Å². The lowest BCUT2D eigenvalue weighted by atomic mass is 10.3. The zero-order chi connectivity index (χ0) is 4.24.